The maximum absolute atomic E-state index is 9.10. The number of aliphatic carboxylic acids is 6. The van der Waals surface area contributed by atoms with E-state index in [1.807, 2.05) is 0 Å². The van der Waals surface area contributed by atoms with Gasteiger partial charge in [-0.1, -0.05) is 0 Å². The molecule has 0 saturated carbocycles. The second-order valence-electron chi connectivity index (χ2n) is 1.80. The quantitative estimate of drug-likeness (QED) is 0.219. The van der Waals surface area contributed by atoms with Crippen LogP contribution in [0.2, 0.25) is 0 Å². The molecule has 4 N–H and O–H groups in total. The molecule has 0 amide bonds. The van der Waals surface area contributed by atoms with Gasteiger partial charge in [-0.25, -0.2) is 19.2 Å². The van der Waals surface area contributed by atoms with Crippen LogP contribution in [0, 0.1) is 0 Å². The number of hydrogen-bond acceptors (Lipinski definition) is 8. The molecule has 0 unspecified atom stereocenters. The minimum atomic E-state index is -2.19. The van der Waals surface area contributed by atoms with E-state index in [1.165, 1.54) is 0 Å². The van der Waals surface area contributed by atoms with E-state index in [2.05, 4.69) is 0 Å². The minimum absolute atomic E-state index is 0. The molecule has 0 aromatic heterocycles. The Balaban J connectivity index is -0.0000000375. The molecular formula is C6H4FeMgMnO12. The Kier molecular flexibility index (Phi) is 36.6. The zero-order valence-electron chi connectivity index (χ0n) is 9.49. The van der Waals surface area contributed by atoms with Crippen molar-refractivity contribution < 1.29 is 93.5 Å². The molecule has 1 radical (unpaired) electrons. The van der Waals surface area contributed by atoms with E-state index in [-0.39, 0.29) is 57.2 Å². The molecule has 21 heavy (non-hydrogen) atoms. The Bertz CT molecular complexity index is 289. The Hall–Kier alpha value is -1.37. The van der Waals surface area contributed by atoms with Crippen LogP contribution in [-0.2, 0) is 62.9 Å². The number of carbonyl (C=O) groups is 6. The Morgan fingerprint density at radius 3 is 0.667 bits per heavy atom. The van der Waals surface area contributed by atoms with Crippen molar-refractivity contribution in [3.8, 4) is 0 Å². The molecule has 0 heterocycles. The number of carbonyl (C=O) groups excluding carboxylic acids is 2. The summed E-state index contributed by atoms with van der Waals surface area (Å²) in [5.41, 5.74) is 0. The Morgan fingerprint density at radius 1 is 0.571 bits per heavy atom. The summed E-state index contributed by atoms with van der Waals surface area (Å²) in [5, 5.41) is 47.4. The maximum atomic E-state index is 9.10. The average molecular weight is 403 g/mol. The number of carboxylic acid groups (broad SMARTS) is 6. The summed E-state index contributed by atoms with van der Waals surface area (Å²) in [6, 6.07) is 0. The van der Waals surface area contributed by atoms with Crippen LogP contribution < -0.4 is 10.2 Å². The van der Waals surface area contributed by atoms with E-state index in [0.717, 1.165) is 0 Å². The number of rotatable bonds is 0. The van der Waals surface area contributed by atoms with Crippen molar-refractivity contribution in [3.63, 3.8) is 0 Å². The molecule has 0 aliphatic heterocycles. The van der Waals surface area contributed by atoms with Crippen LogP contribution >= 0.6 is 0 Å². The van der Waals surface area contributed by atoms with Crippen molar-refractivity contribution in [1.29, 1.82) is 0 Å². The molecular weight excluding hydrogens is 399 g/mol. The van der Waals surface area contributed by atoms with Crippen molar-refractivity contribution in [2.24, 2.45) is 0 Å². The predicted octanol–water partition coefficient (Wildman–Crippen LogP) is -5.59. The van der Waals surface area contributed by atoms with E-state index in [0.29, 0.717) is 0 Å². The van der Waals surface area contributed by atoms with Crippen LogP contribution in [0.1, 0.15) is 0 Å². The zero-order chi connectivity index (χ0) is 15.5. The van der Waals surface area contributed by atoms with Crippen LogP contribution in [0.5, 0.6) is 0 Å². The third-order valence-corrected chi connectivity index (χ3v) is 0.533. The first kappa shape index (κ1) is 36.7. The normalized spacial score (nSPS) is 6.29. The standard InChI is InChI=1S/3C2H2O4.Fe.Mg.Mn/c3*3-1(4)2(5)6;;;/h3*(H,3,4)(H,5,6);;;/q;;;;+2;/p-2. The van der Waals surface area contributed by atoms with Crippen molar-refractivity contribution >= 4 is 58.9 Å². The average Bonchev–Trinajstić information content (AvgIpc) is 2.18. The van der Waals surface area contributed by atoms with Gasteiger partial charge in [-0.15, -0.1) is 0 Å². The van der Waals surface area contributed by atoms with Crippen molar-refractivity contribution in [1.82, 2.24) is 0 Å². The second-order valence-corrected chi connectivity index (χ2v) is 1.80. The summed E-state index contributed by atoms with van der Waals surface area (Å²) in [4.78, 5) is 54.2. The van der Waals surface area contributed by atoms with E-state index in [9.17, 15) is 0 Å². The maximum Gasteiger partial charge on any atom is 2.00 e. The summed E-state index contributed by atoms with van der Waals surface area (Å²) < 4.78 is 0. The molecule has 0 aliphatic carbocycles. The molecule has 0 aromatic rings. The van der Waals surface area contributed by atoms with Gasteiger partial charge < -0.3 is 40.2 Å². The Morgan fingerprint density at radius 2 is 0.667 bits per heavy atom. The molecule has 117 valence electrons. The first-order valence-electron chi connectivity index (χ1n) is 3.28. The van der Waals surface area contributed by atoms with E-state index in [4.69, 9.17) is 59.4 Å². The first-order valence-corrected chi connectivity index (χ1v) is 3.28. The summed E-state index contributed by atoms with van der Waals surface area (Å²) in [6.07, 6.45) is 0. The van der Waals surface area contributed by atoms with Gasteiger partial charge in [0.05, 0.1) is 11.9 Å². The molecule has 0 bridgehead atoms. The van der Waals surface area contributed by atoms with Gasteiger partial charge in [0.15, 0.2) is 0 Å². The van der Waals surface area contributed by atoms with Crippen LogP contribution in [-0.4, -0.2) is 79.3 Å². The van der Waals surface area contributed by atoms with Crippen LogP contribution in [0.15, 0.2) is 0 Å². The van der Waals surface area contributed by atoms with Crippen LogP contribution in [0.25, 0.3) is 0 Å². The summed E-state index contributed by atoms with van der Waals surface area (Å²) >= 11 is 0. The van der Waals surface area contributed by atoms with Crippen LogP contribution in [0.3, 0.4) is 0 Å². The minimum Gasteiger partial charge on any atom is -0.543 e. The van der Waals surface area contributed by atoms with Gasteiger partial charge in [-0.2, -0.15) is 0 Å². The number of carboxylic acids is 6. The SMILES string of the molecule is O=C(O)C(=O)O.O=C(O)C(=O)O.O=C([O-])C(=O)[O-].[Fe].[Mg+2].[Mn]. The largest absolute Gasteiger partial charge is 2.00 e. The first-order chi connectivity index (χ1) is 7.93. The van der Waals surface area contributed by atoms with E-state index in [1.54, 1.807) is 0 Å². The second kappa shape index (κ2) is 20.9. The van der Waals surface area contributed by atoms with Gasteiger partial charge in [0, 0.05) is 34.1 Å². The van der Waals surface area contributed by atoms with Gasteiger partial charge in [0.1, 0.15) is 0 Å². The zero-order valence-corrected chi connectivity index (χ0v) is 13.2. The van der Waals surface area contributed by atoms with Crippen molar-refractivity contribution in [3.05, 3.63) is 0 Å². The topological polar surface area (TPSA) is 229 Å². The van der Waals surface area contributed by atoms with Crippen molar-refractivity contribution in [2.75, 3.05) is 0 Å². The molecule has 0 fully saturated rings. The Labute approximate surface area is 152 Å². The molecule has 0 rings (SSSR count). The third-order valence-electron chi connectivity index (χ3n) is 0.533. The van der Waals surface area contributed by atoms with Gasteiger partial charge >= 0.3 is 46.9 Å². The van der Waals surface area contributed by atoms with Gasteiger partial charge in [-0.05, 0) is 0 Å². The molecule has 0 atom stereocenters. The van der Waals surface area contributed by atoms with E-state index >= 15 is 0 Å². The molecule has 0 spiro atoms. The summed E-state index contributed by atoms with van der Waals surface area (Å²) in [5.74, 6) is -11.7. The molecule has 0 aromatic carbocycles. The molecule has 0 saturated heterocycles. The fourth-order valence-corrected chi connectivity index (χ4v) is 0. The van der Waals surface area contributed by atoms with Gasteiger partial charge in [0.2, 0.25) is 0 Å². The smallest absolute Gasteiger partial charge is 0.543 e. The monoisotopic (exact) mass is 403 g/mol. The fraction of sp³-hybridized carbons (Fsp3) is 0. The fourth-order valence-electron chi connectivity index (χ4n) is 0. The van der Waals surface area contributed by atoms with Crippen LogP contribution in [0.4, 0.5) is 0 Å². The molecule has 12 nitrogen and oxygen atoms in total. The van der Waals surface area contributed by atoms with Gasteiger partial charge in [-0.3, -0.25) is 0 Å². The molecule has 0 aliphatic rings. The predicted molar refractivity (Wildman–Crippen MR) is 46.3 cm³/mol. The summed E-state index contributed by atoms with van der Waals surface area (Å²) in [6.45, 7) is 0. The number of hydrogen-bond donors (Lipinski definition) is 4. The van der Waals surface area contributed by atoms with Crippen molar-refractivity contribution in [2.45, 2.75) is 0 Å². The third kappa shape index (κ3) is 45.6. The summed E-state index contributed by atoms with van der Waals surface area (Å²) in [7, 11) is 0. The molecule has 15 heteroatoms. The van der Waals surface area contributed by atoms with E-state index < -0.39 is 35.8 Å². The van der Waals surface area contributed by atoms with Gasteiger partial charge in [0.25, 0.3) is 0 Å².